The van der Waals surface area contributed by atoms with Gasteiger partial charge in [-0.2, -0.15) is 5.10 Å². The van der Waals surface area contributed by atoms with Gasteiger partial charge in [0, 0.05) is 46.8 Å². The zero-order valence-corrected chi connectivity index (χ0v) is 19.1. The van der Waals surface area contributed by atoms with Crippen LogP contribution in [0.1, 0.15) is 35.4 Å². The second-order valence-corrected chi connectivity index (χ2v) is 9.14. The monoisotopic (exact) mass is 481 g/mol. The molecule has 2 aliphatic rings. The summed E-state index contributed by atoms with van der Waals surface area (Å²) in [6.07, 6.45) is 0.547. The summed E-state index contributed by atoms with van der Waals surface area (Å²) in [5.74, 6) is 0.911. The first kappa shape index (κ1) is 19.5. The van der Waals surface area contributed by atoms with E-state index in [2.05, 4.69) is 56.2 Å². The second kappa shape index (κ2) is 7.64. The average molecular weight is 483 g/mol. The topological polar surface area (TPSA) is 28.1 Å². The lowest BCUT2D eigenvalue weighted by Crippen LogP contribution is -2.33. The Bertz CT molecular complexity index is 1110. The van der Waals surface area contributed by atoms with Crippen LogP contribution in [0.3, 0.4) is 0 Å². The smallest absolute Gasteiger partial charge is 0.213 e. The molecule has 0 aliphatic carbocycles. The van der Waals surface area contributed by atoms with Crippen LogP contribution in [0.25, 0.3) is 0 Å². The fourth-order valence-corrected chi connectivity index (χ4v) is 4.54. The van der Waals surface area contributed by atoms with Crippen molar-refractivity contribution in [2.24, 2.45) is 5.10 Å². The molecule has 0 N–H and O–H groups in total. The van der Waals surface area contributed by atoms with Crippen molar-refractivity contribution in [2.75, 3.05) is 19.0 Å². The minimum atomic E-state index is -0.273. The SMILES string of the molecule is CN(C)c1ccc([C@@H]2Oc3ccc(Br)cc3[C@@H]3CC(c4ccc(Cl)cc4)=NN32)cc1. The molecule has 2 aliphatic heterocycles. The Balaban J connectivity index is 1.57. The number of ether oxygens (including phenoxy) is 1. The van der Waals surface area contributed by atoms with Crippen molar-refractivity contribution in [3.05, 3.63) is 92.9 Å². The highest BCUT2D eigenvalue weighted by molar-refractivity contribution is 9.10. The molecule has 0 spiro atoms. The van der Waals surface area contributed by atoms with Crippen molar-refractivity contribution < 1.29 is 4.74 Å². The Morgan fingerprint density at radius 3 is 2.47 bits per heavy atom. The molecule has 0 radical (unpaired) electrons. The van der Waals surface area contributed by atoms with Gasteiger partial charge in [0.15, 0.2) is 0 Å². The van der Waals surface area contributed by atoms with Gasteiger partial charge in [0.2, 0.25) is 6.23 Å². The molecule has 0 fully saturated rings. The summed E-state index contributed by atoms with van der Waals surface area (Å²) in [5.41, 5.74) is 5.52. The predicted octanol–water partition coefficient (Wildman–Crippen LogP) is 6.41. The molecule has 30 heavy (non-hydrogen) atoms. The lowest BCUT2D eigenvalue weighted by atomic mass is 9.96. The maximum atomic E-state index is 6.45. The van der Waals surface area contributed by atoms with Crippen LogP contribution in [0.2, 0.25) is 5.02 Å². The van der Waals surface area contributed by atoms with E-state index in [1.165, 1.54) is 0 Å². The van der Waals surface area contributed by atoms with Crippen LogP contribution in [-0.4, -0.2) is 24.8 Å². The first-order chi connectivity index (χ1) is 14.5. The Morgan fingerprint density at radius 2 is 1.77 bits per heavy atom. The van der Waals surface area contributed by atoms with E-state index in [1.54, 1.807) is 0 Å². The molecule has 3 aromatic carbocycles. The van der Waals surface area contributed by atoms with Crippen molar-refractivity contribution in [3.63, 3.8) is 0 Å². The highest BCUT2D eigenvalue weighted by Gasteiger charge is 2.41. The summed E-state index contributed by atoms with van der Waals surface area (Å²) in [6.45, 7) is 0. The van der Waals surface area contributed by atoms with E-state index in [4.69, 9.17) is 21.4 Å². The summed E-state index contributed by atoms with van der Waals surface area (Å²) in [6, 6.07) is 22.7. The van der Waals surface area contributed by atoms with E-state index in [1.807, 2.05) is 50.5 Å². The number of anilines is 1. The van der Waals surface area contributed by atoms with Crippen molar-refractivity contribution in [3.8, 4) is 5.75 Å². The van der Waals surface area contributed by atoms with Crippen molar-refractivity contribution in [2.45, 2.75) is 18.7 Å². The maximum absolute atomic E-state index is 6.45. The van der Waals surface area contributed by atoms with E-state index in [0.29, 0.717) is 0 Å². The van der Waals surface area contributed by atoms with E-state index < -0.39 is 0 Å². The summed E-state index contributed by atoms with van der Waals surface area (Å²) >= 11 is 9.69. The lowest BCUT2D eigenvalue weighted by Gasteiger charge is -2.38. The first-order valence-electron chi connectivity index (χ1n) is 9.85. The minimum absolute atomic E-state index is 0.121. The van der Waals surface area contributed by atoms with Gasteiger partial charge in [-0.05, 0) is 48.0 Å². The van der Waals surface area contributed by atoms with E-state index in [-0.39, 0.29) is 12.3 Å². The zero-order valence-electron chi connectivity index (χ0n) is 16.7. The van der Waals surface area contributed by atoms with Gasteiger partial charge < -0.3 is 9.64 Å². The molecule has 6 heteroatoms. The van der Waals surface area contributed by atoms with E-state index in [9.17, 15) is 0 Å². The zero-order chi connectivity index (χ0) is 20.8. The van der Waals surface area contributed by atoms with Crippen LogP contribution in [0.4, 0.5) is 5.69 Å². The largest absolute Gasteiger partial charge is 0.464 e. The normalized spacial score (nSPS) is 19.6. The summed E-state index contributed by atoms with van der Waals surface area (Å²) in [4.78, 5) is 2.09. The first-order valence-corrected chi connectivity index (χ1v) is 11.0. The molecular formula is C24H21BrClN3O. The number of halogens is 2. The average Bonchev–Trinajstić information content (AvgIpc) is 3.19. The lowest BCUT2D eigenvalue weighted by molar-refractivity contribution is -0.0190. The van der Waals surface area contributed by atoms with Gasteiger partial charge in [-0.1, -0.05) is 51.8 Å². The Hall–Kier alpha value is -2.50. The number of fused-ring (bicyclic) bond motifs is 3. The fourth-order valence-electron chi connectivity index (χ4n) is 4.03. The highest BCUT2D eigenvalue weighted by Crippen LogP contribution is 2.48. The van der Waals surface area contributed by atoms with Crippen molar-refractivity contribution in [1.29, 1.82) is 0 Å². The molecule has 152 valence electrons. The minimum Gasteiger partial charge on any atom is -0.464 e. The van der Waals surface area contributed by atoms with Crippen molar-refractivity contribution in [1.82, 2.24) is 5.01 Å². The van der Waals surface area contributed by atoms with E-state index >= 15 is 0 Å². The quantitative estimate of drug-likeness (QED) is 0.432. The number of benzene rings is 3. The summed E-state index contributed by atoms with van der Waals surface area (Å²) in [7, 11) is 4.08. The predicted molar refractivity (Wildman–Crippen MR) is 125 cm³/mol. The number of nitrogens with zero attached hydrogens (tertiary/aromatic N) is 3. The molecule has 0 unspecified atom stereocenters. The van der Waals surface area contributed by atoms with E-state index in [0.717, 1.165) is 49.8 Å². The molecule has 0 bridgehead atoms. The van der Waals surface area contributed by atoms with Gasteiger partial charge in [0.1, 0.15) is 5.75 Å². The Kier molecular flexibility index (Phi) is 4.95. The third kappa shape index (κ3) is 3.46. The number of hydrogen-bond acceptors (Lipinski definition) is 4. The molecule has 0 amide bonds. The Morgan fingerprint density at radius 1 is 1.03 bits per heavy atom. The number of hydrazone groups is 1. The fraction of sp³-hybridized carbons (Fsp3) is 0.208. The summed E-state index contributed by atoms with van der Waals surface area (Å²) in [5, 5.41) is 7.84. The molecule has 5 rings (SSSR count). The van der Waals surface area contributed by atoms with Crippen LogP contribution in [0, 0.1) is 0 Å². The van der Waals surface area contributed by atoms with Gasteiger partial charge in [-0.3, -0.25) is 0 Å². The second-order valence-electron chi connectivity index (χ2n) is 7.79. The molecule has 3 aromatic rings. The molecule has 2 atom stereocenters. The molecule has 0 saturated carbocycles. The maximum Gasteiger partial charge on any atom is 0.213 e. The molecular weight excluding hydrogens is 462 g/mol. The number of rotatable bonds is 3. The Labute approximate surface area is 189 Å². The molecule has 2 heterocycles. The van der Waals surface area contributed by atoms with Gasteiger partial charge in [0.05, 0.1) is 11.8 Å². The van der Waals surface area contributed by atoms with Gasteiger partial charge in [-0.25, -0.2) is 5.01 Å². The third-order valence-electron chi connectivity index (χ3n) is 5.62. The molecule has 0 aromatic heterocycles. The van der Waals surface area contributed by atoms with Crippen LogP contribution < -0.4 is 9.64 Å². The standard InChI is InChI=1S/C24H21BrClN3O/c1-28(2)19-10-5-16(6-11-19)24-29-22(20-13-17(25)7-12-23(20)30-24)14-21(27-29)15-3-8-18(26)9-4-15/h3-13,22,24H,14H2,1-2H3/t22-,24-/m0/s1. The van der Waals surface area contributed by atoms with Gasteiger partial charge in [0.25, 0.3) is 0 Å². The van der Waals surface area contributed by atoms with Gasteiger partial charge >= 0.3 is 0 Å². The van der Waals surface area contributed by atoms with Crippen LogP contribution in [-0.2, 0) is 0 Å². The van der Waals surface area contributed by atoms with Crippen LogP contribution >= 0.6 is 27.5 Å². The summed E-state index contributed by atoms with van der Waals surface area (Å²) < 4.78 is 7.49. The number of hydrogen-bond donors (Lipinski definition) is 0. The third-order valence-corrected chi connectivity index (χ3v) is 6.37. The highest BCUT2D eigenvalue weighted by atomic mass is 79.9. The molecule has 4 nitrogen and oxygen atoms in total. The van der Waals surface area contributed by atoms with Crippen molar-refractivity contribution >= 4 is 38.9 Å². The van der Waals surface area contributed by atoms with Crippen LogP contribution in [0.15, 0.2) is 76.3 Å². The van der Waals surface area contributed by atoms with Crippen LogP contribution in [0.5, 0.6) is 5.75 Å². The molecule has 0 saturated heterocycles. The van der Waals surface area contributed by atoms with Gasteiger partial charge in [-0.15, -0.1) is 0 Å².